The summed E-state index contributed by atoms with van der Waals surface area (Å²) in [6, 6.07) is 0.885. The number of thiophene rings is 1. The molecule has 1 aromatic rings. The smallest absolute Gasteiger partial charge is 0.326 e. The average Bonchev–Trinajstić information content (AvgIpc) is 2.79. The van der Waals surface area contributed by atoms with Gasteiger partial charge in [0.2, 0.25) is 5.91 Å². The molecule has 1 rings (SSSR count). The molecule has 0 bridgehead atoms. The number of carbonyl (C=O) groups is 3. The van der Waals surface area contributed by atoms with Crippen LogP contribution in [0.5, 0.6) is 0 Å². The van der Waals surface area contributed by atoms with Crippen LogP contribution >= 0.6 is 11.3 Å². The third-order valence-electron chi connectivity index (χ3n) is 3.21. The number of aryl methyl sites for hydroxylation is 2. The van der Waals surface area contributed by atoms with Crippen molar-refractivity contribution in [2.75, 3.05) is 0 Å². The van der Waals surface area contributed by atoms with Crippen LogP contribution in [0.4, 0.5) is 0 Å². The summed E-state index contributed by atoms with van der Waals surface area (Å²) < 4.78 is 0. The Morgan fingerprint density at radius 3 is 2.55 bits per heavy atom. The first-order chi connectivity index (χ1) is 10.3. The molecule has 0 spiro atoms. The molecule has 5 nitrogen and oxygen atoms in total. The van der Waals surface area contributed by atoms with Crippen molar-refractivity contribution in [2.24, 2.45) is 0 Å². The summed E-state index contributed by atoms with van der Waals surface area (Å²) in [5, 5.41) is 11.5. The first-order valence-corrected chi connectivity index (χ1v) is 7.90. The van der Waals surface area contributed by atoms with Gasteiger partial charge in [-0.15, -0.1) is 17.9 Å². The molecule has 0 aliphatic rings. The van der Waals surface area contributed by atoms with E-state index in [0.717, 1.165) is 9.75 Å². The molecule has 1 aromatic heterocycles. The van der Waals surface area contributed by atoms with E-state index in [4.69, 9.17) is 5.11 Å². The average molecular weight is 323 g/mol. The number of rotatable bonds is 9. The van der Waals surface area contributed by atoms with Gasteiger partial charge in [-0.25, -0.2) is 4.79 Å². The lowest BCUT2D eigenvalue weighted by Crippen LogP contribution is -2.40. The van der Waals surface area contributed by atoms with E-state index >= 15 is 0 Å². The molecular formula is C16H21NO4S. The standard InChI is InChI=1S/C16H21NO4S/c1-4-5-6-13(16(20)21)17-15(19)8-7-14(18)12-9-10(2)22-11(12)3/h4,9,13H,1,5-8H2,2-3H3,(H,17,19)(H,20,21). The van der Waals surface area contributed by atoms with Gasteiger partial charge in [0.15, 0.2) is 5.78 Å². The Morgan fingerprint density at radius 2 is 2.05 bits per heavy atom. The molecule has 0 saturated heterocycles. The van der Waals surface area contributed by atoms with Crippen LogP contribution in [-0.4, -0.2) is 28.8 Å². The van der Waals surface area contributed by atoms with Crippen molar-refractivity contribution in [3.63, 3.8) is 0 Å². The fourth-order valence-electron chi connectivity index (χ4n) is 2.08. The largest absolute Gasteiger partial charge is 0.480 e. The van der Waals surface area contributed by atoms with Crippen molar-refractivity contribution >= 4 is 29.0 Å². The van der Waals surface area contributed by atoms with E-state index in [1.807, 2.05) is 19.9 Å². The van der Waals surface area contributed by atoms with Gasteiger partial charge in [-0.3, -0.25) is 9.59 Å². The van der Waals surface area contributed by atoms with Crippen molar-refractivity contribution in [1.82, 2.24) is 5.32 Å². The van der Waals surface area contributed by atoms with Crippen LogP contribution < -0.4 is 5.32 Å². The molecule has 1 heterocycles. The second-order valence-corrected chi connectivity index (χ2v) is 6.53. The maximum Gasteiger partial charge on any atom is 0.326 e. The van der Waals surface area contributed by atoms with Crippen LogP contribution in [0.2, 0.25) is 0 Å². The number of ketones is 1. The lowest BCUT2D eigenvalue weighted by Gasteiger charge is -2.13. The molecule has 0 aliphatic carbocycles. The molecule has 1 unspecified atom stereocenters. The highest BCUT2D eigenvalue weighted by atomic mass is 32.1. The molecule has 22 heavy (non-hydrogen) atoms. The van der Waals surface area contributed by atoms with Gasteiger partial charge in [0.25, 0.3) is 0 Å². The van der Waals surface area contributed by atoms with Crippen molar-refractivity contribution in [3.05, 3.63) is 34.0 Å². The molecule has 0 saturated carbocycles. The molecule has 0 radical (unpaired) electrons. The van der Waals surface area contributed by atoms with Crippen molar-refractivity contribution in [3.8, 4) is 0 Å². The van der Waals surface area contributed by atoms with E-state index in [9.17, 15) is 14.4 Å². The topological polar surface area (TPSA) is 83.5 Å². The van der Waals surface area contributed by atoms with E-state index in [1.54, 1.807) is 17.4 Å². The number of allylic oxidation sites excluding steroid dienone is 1. The summed E-state index contributed by atoms with van der Waals surface area (Å²) in [7, 11) is 0. The predicted octanol–water partition coefficient (Wildman–Crippen LogP) is 2.86. The summed E-state index contributed by atoms with van der Waals surface area (Å²) in [6.45, 7) is 7.33. The zero-order chi connectivity index (χ0) is 16.7. The maximum absolute atomic E-state index is 12.1. The fourth-order valence-corrected chi connectivity index (χ4v) is 3.02. The normalized spacial score (nSPS) is 11.7. The van der Waals surface area contributed by atoms with Crippen molar-refractivity contribution in [1.29, 1.82) is 0 Å². The van der Waals surface area contributed by atoms with Crippen LogP contribution in [0.3, 0.4) is 0 Å². The quantitative estimate of drug-likeness (QED) is 0.541. The first-order valence-electron chi connectivity index (χ1n) is 7.08. The van der Waals surface area contributed by atoms with Gasteiger partial charge in [0, 0.05) is 28.2 Å². The highest BCUT2D eigenvalue weighted by molar-refractivity contribution is 7.12. The van der Waals surface area contributed by atoms with E-state index in [-0.39, 0.29) is 18.6 Å². The van der Waals surface area contributed by atoms with E-state index in [0.29, 0.717) is 18.4 Å². The Morgan fingerprint density at radius 1 is 1.36 bits per heavy atom. The number of hydrogen-bond acceptors (Lipinski definition) is 4. The Labute approximate surface area is 134 Å². The van der Waals surface area contributed by atoms with Gasteiger partial charge in [0.05, 0.1) is 0 Å². The first kappa shape index (κ1) is 18.1. The summed E-state index contributed by atoms with van der Waals surface area (Å²) >= 11 is 1.55. The van der Waals surface area contributed by atoms with Crippen LogP contribution in [0, 0.1) is 13.8 Å². The molecule has 1 atom stereocenters. The molecule has 120 valence electrons. The summed E-state index contributed by atoms with van der Waals surface area (Å²) in [5.74, 6) is -1.59. The third-order valence-corrected chi connectivity index (χ3v) is 4.18. The van der Waals surface area contributed by atoms with E-state index in [1.165, 1.54) is 0 Å². The lowest BCUT2D eigenvalue weighted by molar-refractivity contribution is -0.142. The molecule has 1 amide bonds. The van der Waals surface area contributed by atoms with Gasteiger partial charge in [-0.2, -0.15) is 0 Å². The van der Waals surface area contributed by atoms with Crippen LogP contribution in [0.25, 0.3) is 0 Å². The predicted molar refractivity (Wildman–Crippen MR) is 86.4 cm³/mol. The number of amides is 1. The van der Waals surface area contributed by atoms with Crippen LogP contribution in [0.1, 0.15) is 45.8 Å². The minimum absolute atomic E-state index is 0.00889. The number of Topliss-reactive ketones (excluding diaryl/α,β-unsaturated/α-hetero) is 1. The SMILES string of the molecule is C=CCCC(NC(=O)CCC(=O)c1cc(C)sc1C)C(=O)O. The Kier molecular flexibility index (Phi) is 6.98. The monoisotopic (exact) mass is 323 g/mol. The minimum atomic E-state index is -1.08. The highest BCUT2D eigenvalue weighted by Crippen LogP contribution is 2.22. The van der Waals surface area contributed by atoms with E-state index < -0.39 is 17.9 Å². The fraction of sp³-hybridized carbons (Fsp3) is 0.438. The zero-order valence-corrected chi connectivity index (χ0v) is 13.7. The summed E-state index contributed by atoms with van der Waals surface area (Å²) in [4.78, 5) is 36.9. The van der Waals surface area contributed by atoms with Crippen molar-refractivity contribution < 1.29 is 19.5 Å². The van der Waals surface area contributed by atoms with Crippen LogP contribution in [-0.2, 0) is 9.59 Å². The lowest BCUT2D eigenvalue weighted by atomic mass is 10.1. The number of carboxylic acids is 1. The Hall–Kier alpha value is -1.95. The number of nitrogens with one attached hydrogen (secondary N) is 1. The molecule has 0 aromatic carbocycles. The second-order valence-electron chi connectivity index (χ2n) is 5.07. The molecule has 0 fully saturated rings. The maximum atomic E-state index is 12.1. The second kappa shape index (κ2) is 8.48. The number of hydrogen-bond donors (Lipinski definition) is 2. The summed E-state index contributed by atoms with van der Waals surface area (Å²) in [5.41, 5.74) is 0.650. The minimum Gasteiger partial charge on any atom is -0.480 e. The van der Waals surface area contributed by atoms with E-state index in [2.05, 4.69) is 11.9 Å². The Balaban J connectivity index is 2.51. The molecule has 6 heteroatoms. The van der Waals surface area contributed by atoms with Gasteiger partial charge >= 0.3 is 5.97 Å². The summed E-state index contributed by atoms with van der Waals surface area (Å²) in [6.07, 6.45) is 2.47. The number of carbonyl (C=O) groups excluding carboxylic acids is 2. The van der Waals surface area contributed by atoms with Gasteiger partial charge in [-0.05, 0) is 32.8 Å². The molecular weight excluding hydrogens is 302 g/mol. The van der Waals surface area contributed by atoms with Gasteiger partial charge in [0.1, 0.15) is 6.04 Å². The van der Waals surface area contributed by atoms with Gasteiger partial charge < -0.3 is 10.4 Å². The third kappa shape index (κ3) is 5.44. The van der Waals surface area contributed by atoms with Gasteiger partial charge in [-0.1, -0.05) is 6.08 Å². The number of aliphatic carboxylic acids is 1. The molecule has 2 N–H and O–H groups in total. The van der Waals surface area contributed by atoms with Crippen molar-refractivity contribution in [2.45, 2.75) is 45.6 Å². The Bertz CT molecular complexity index is 577. The van der Waals surface area contributed by atoms with Crippen LogP contribution in [0.15, 0.2) is 18.7 Å². The molecule has 0 aliphatic heterocycles. The number of carboxylic acid groups (broad SMARTS) is 1. The zero-order valence-electron chi connectivity index (χ0n) is 12.8. The highest BCUT2D eigenvalue weighted by Gasteiger charge is 2.20.